The third-order valence-corrected chi connectivity index (χ3v) is 7.08. The molecule has 3 amide bonds. The summed E-state index contributed by atoms with van der Waals surface area (Å²) in [5.41, 5.74) is 3.34. The Labute approximate surface area is 280 Å². The number of nitrogens with one attached hydrogen (secondary N) is 2. The topological polar surface area (TPSA) is 170 Å². The predicted octanol–water partition coefficient (Wildman–Crippen LogP) is 1.83. The molecule has 0 aliphatic carbocycles. The summed E-state index contributed by atoms with van der Waals surface area (Å²) in [5, 5.41) is 13.9. The predicted molar refractivity (Wildman–Crippen MR) is 175 cm³/mol. The minimum Gasteiger partial charge on any atom is -0.481 e. The monoisotopic (exact) mass is 665 g/mol. The SMILES string of the molecule is O=CC(CCC(=O)O)NC(=O)CCOCCOCCOCCOCCNC(=O)CCC(=O)N1Cc2ccccc2C#Cc2ccccc21. The van der Waals surface area contributed by atoms with Gasteiger partial charge in [0.2, 0.25) is 17.7 Å². The molecule has 0 spiro atoms. The molecule has 0 radical (unpaired) electrons. The number of hydrogen-bond donors (Lipinski definition) is 3. The maximum atomic E-state index is 13.2. The largest absolute Gasteiger partial charge is 0.481 e. The van der Waals surface area contributed by atoms with E-state index in [4.69, 9.17) is 24.1 Å². The number of nitrogens with zero attached hydrogens (tertiary/aromatic N) is 1. The molecule has 48 heavy (non-hydrogen) atoms. The molecule has 13 heteroatoms. The van der Waals surface area contributed by atoms with Gasteiger partial charge in [-0.05, 0) is 30.2 Å². The van der Waals surface area contributed by atoms with E-state index in [1.807, 2.05) is 48.5 Å². The van der Waals surface area contributed by atoms with E-state index in [1.165, 1.54) is 0 Å². The van der Waals surface area contributed by atoms with Crippen molar-refractivity contribution in [3.8, 4) is 11.8 Å². The van der Waals surface area contributed by atoms with Gasteiger partial charge in [0.05, 0.1) is 71.1 Å². The molecule has 0 saturated carbocycles. The van der Waals surface area contributed by atoms with E-state index in [2.05, 4.69) is 22.5 Å². The van der Waals surface area contributed by atoms with Gasteiger partial charge in [-0.1, -0.05) is 42.2 Å². The first-order valence-corrected chi connectivity index (χ1v) is 15.9. The average Bonchev–Trinajstić information content (AvgIpc) is 3.08. The highest BCUT2D eigenvalue weighted by molar-refractivity contribution is 5.96. The minimum atomic E-state index is -1.03. The molecule has 1 aliphatic rings. The summed E-state index contributed by atoms with van der Waals surface area (Å²) in [4.78, 5) is 60.6. The number of hydrogen-bond acceptors (Lipinski definition) is 9. The highest BCUT2D eigenvalue weighted by Crippen LogP contribution is 2.26. The molecule has 1 heterocycles. The lowest BCUT2D eigenvalue weighted by Crippen LogP contribution is -2.36. The Morgan fingerprint density at radius 3 is 2.04 bits per heavy atom. The Bertz CT molecular complexity index is 1420. The number of para-hydroxylation sites is 1. The van der Waals surface area contributed by atoms with Crippen LogP contribution in [0.3, 0.4) is 0 Å². The molecule has 3 rings (SSSR count). The molecule has 0 fully saturated rings. The van der Waals surface area contributed by atoms with Crippen molar-refractivity contribution in [1.29, 1.82) is 0 Å². The number of anilines is 1. The Balaban J connectivity index is 1.16. The van der Waals surface area contributed by atoms with Gasteiger partial charge in [-0.3, -0.25) is 19.2 Å². The van der Waals surface area contributed by atoms with Crippen LogP contribution in [0.25, 0.3) is 0 Å². The maximum absolute atomic E-state index is 13.2. The zero-order valence-corrected chi connectivity index (χ0v) is 26.9. The van der Waals surface area contributed by atoms with E-state index in [0.717, 1.165) is 22.4 Å². The zero-order valence-electron chi connectivity index (χ0n) is 26.9. The van der Waals surface area contributed by atoms with E-state index in [9.17, 15) is 24.0 Å². The maximum Gasteiger partial charge on any atom is 0.303 e. The molecule has 2 aromatic rings. The third kappa shape index (κ3) is 14.4. The number of fused-ring (bicyclic) bond motifs is 2. The highest BCUT2D eigenvalue weighted by atomic mass is 16.6. The number of ether oxygens (including phenoxy) is 4. The molecule has 0 saturated heterocycles. The Morgan fingerprint density at radius 1 is 0.750 bits per heavy atom. The lowest BCUT2D eigenvalue weighted by molar-refractivity contribution is -0.137. The van der Waals surface area contributed by atoms with Crippen LogP contribution in [0.2, 0.25) is 0 Å². The third-order valence-electron chi connectivity index (χ3n) is 7.08. The van der Waals surface area contributed by atoms with Crippen molar-refractivity contribution in [2.24, 2.45) is 0 Å². The van der Waals surface area contributed by atoms with Crippen LogP contribution in [0, 0.1) is 11.8 Å². The molecule has 1 unspecified atom stereocenters. The van der Waals surface area contributed by atoms with Gasteiger partial charge >= 0.3 is 5.97 Å². The van der Waals surface area contributed by atoms with Crippen LogP contribution < -0.4 is 15.5 Å². The molecule has 1 atom stereocenters. The zero-order chi connectivity index (χ0) is 34.4. The van der Waals surface area contributed by atoms with Crippen LogP contribution in [0.1, 0.15) is 48.8 Å². The molecule has 0 bridgehead atoms. The van der Waals surface area contributed by atoms with Crippen molar-refractivity contribution >= 4 is 35.7 Å². The molecule has 13 nitrogen and oxygen atoms in total. The van der Waals surface area contributed by atoms with Crippen LogP contribution in [-0.2, 0) is 49.5 Å². The number of carboxylic acids is 1. The van der Waals surface area contributed by atoms with E-state index in [1.54, 1.807) is 4.90 Å². The van der Waals surface area contributed by atoms with E-state index in [0.29, 0.717) is 59.0 Å². The fraction of sp³-hybridized carbons (Fsp3) is 0.457. The molecule has 258 valence electrons. The first kappa shape index (κ1) is 37.8. The molecule has 0 aromatic heterocycles. The summed E-state index contributed by atoms with van der Waals surface area (Å²) in [5.74, 6) is 4.56. The number of aldehydes is 1. The second-order valence-corrected chi connectivity index (χ2v) is 10.7. The Morgan fingerprint density at radius 2 is 1.35 bits per heavy atom. The van der Waals surface area contributed by atoms with E-state index < -0.39 is 17.9 Å². The van der Waals surface area contributed by atoms with Crippen LogP contribution in [0.15, 0.2) is 48.5 Å². The standard InChI is InChI=1S/C35H43N3O10/c39-26-30(11-14-35(43)44)37-33(41)15-17-45-19-21-47-23-24-48-22-20-46-18-16-36-32(40)12-13-34(42)38-25-29-7-2-1-5-27(29)9-10-28-6-3-4-8-31(28)38/h1-8,26,30H,11-25H2,(H,36,40)(H,37,41)(H,43,44). The van der Waals surface area contributed by atoms with Gasteiger partial charge in [0.25, 0.3) is 0 Å². The number of amides is 3. The van der Waals surface area contributed by atoms with Gasteiger partial charge in [0.1, 0.15) is 6.29 Å². The summed E-state index contributed by atoms with van der Waals surface area (Å²) < 4.78 is 21.6. The van der Waals surface area contributed by atoms with Crippen molar-refractivity contribution in [2.75, 3.05) is 64.3 Å². The van der Waals surface area contributed by atoms with E-state index >= 15 is 0 Å². The summed E-state index contributed by atoms with van der Waals surface area (Å²) in [6.07, 6.45) is 0.529. The lowest BCUT2D eigenvalue weighted by atomic mass is 10.0. The number of rotatable bonds is 23. The van der Waals surface area contributed by atoms with Gasteiger partial charge < -0.3 is 44.4 Å². The number of benzene rings is 2. The average molecular weight is 666 g/mol. The van der Waals surface area contributed by atoms with Gasteiger partial charge in [0, 0.05) is 43.4 Å². The van der Waals surface area contributed by atoms with Crippen LogP contribution in [-0.4, -0.2) is 101 Å². The second-order valence-electron chi connectivity index (χ2n) is 10.7. The Hall–Kier alpha value is -4.61. The van der Waals surface area contributed by atoms with Crippen LogP contribution >= 0.6 is 0 Å². The van der Waals surface area contributed by atoms with Crippen molar-refractivity contribution in [2.45, 2.75) is 44.7 Å². The first-order valence-electron chi connectivity index (χ1n) is 15.9. The van der Waals surface area contributed by atoms with Gasteiger partial charge in [-0.15, -0.1) is 0 Å². The smallest absolute Gasteiger partial charge is 0.303 e. The molecule has 1 aliphatic heterocycles. The first-order chi connectivity index (χ1) is 23.4. The summed E-state index contributed by atoms with van der Waals surface area (Å²) >= 11 is 0. The highest BCUT2D eigenvalue weighted by Gasteiger charge is 2.21. The van der Waals surface area contributed by atoms with Crippen molar-refractivity contribution in [1.82, 2.24) is 10.6 Å². The number of carboxylic acid groups (broad SMARTS) is 1. The van der Waals surface area contributed by atoms with Crippen molar-refractivity contribution < 1.29 is 48.0 Å². The second kappa shape index (κ2) is 22.0. The Kier molecular flexibility index (Phi) is 17.4. The minimum absolute atomic E-state index is 0.0415. The van der Waals surface area contributed by atoms with Crippen molar-refractivity contribution in [3.63, 3.8) is 0 Å². The van der Waals surface area contributed by atoms with Gasteiger partial charge in [-0.2, -0.15) is 0 Å². The summed E-state index contributed by atoms with van der Waals surface area (Å²) in [6.45, 7) is 3.16. The summed E-state index contributed by atoms with van der Waals surface area (Å²) in [6, 6.07) is 14.4. The van der Waals surface area contributed by atoms with Crippen molar-refractivity contribution in [3.05, 3.63) is 65.2 Å². The van der Waals surface area contributed by atoms with Crippen LogP contribution in [0.4, 0.5) is 5.69 Å². The van der Waals surface area contributed by atoms with Gasteiger partial charge in [-0.25, -0.2) is 0 Å². The number of aliphatic carboxylic acids is 1. The number of carbonyl (C=O) groups excluding carboxylic acids is 4. The number of carbonyl (C=O) groups is 5. The molecular weight excluding hydrogens is 622 g/mol. The lowest BCUT2D eigenvalue weighted by Gasteiger charge is -2.26. The fourth-order valence-electron chi connectivity index (χ4n) is 4.57. The normalized spacial score (nSPS) is 12.3. The molecule has 3 N–H and O–H groups in total. The van der Waals surface area contributed by atoms with Crippen LogP contribution in [0.5, 0.6) is 0 Å². The van der Waals surface area contributed by atoms with Gasteiger partial charge in [0.15, 0.2) is 0 Å². The quantitative estimate of drug-likeness (QED) is 0.0905. The fourth-order valence-corrected chi connectivity index (χ4v) is 4.57. The molecule has 2 aromatic carbocycles. The van der Waals surface area contributed by atoms with E-state index in [-0.39, 0.29) is 57.1 Å². The molecular formula is C35H43N3O10. The summed E-state index contributed by atoms with van der Waals surface area (Å²) in [7, 11) is 0.